The minimum atomic E-state index is -4.49. The van der Waals surface area contributed by atoms with Gasteiger partial charge in [0.1, 0.15) is 18.0 Å². The minimum Gasteiger partial charge on any atom is -0.497 e. The first kappa shape index (κ1) is 22.0. The van der Waals surface area contributed by atoms with Crippen LogP contribution in [0.1, 0.15) is 0 Å². The van der Waals surface area contributed by atoms with Gasteiger partial charge < -0.3 is 14.4 Å². The predicted molar refractivity (Wildman–Crippen MR) is 106 cm³/mol. The Morgan fingerprint density at radius 1 is 1.10 bits per heavy atom. The molecule has 0 atom stereocenters. The van der Waals surface area contributed by atoms with Crippen molar-refractivity contribution in [1.82, 2.24) is 4.90 Å². The lowest BCUT2D eigenvalue weighted by Crippen LogP contribution is -2.40. The fourth-order valence-corrected chi connectivity index (χ4v) is 4.08. The number of para-hydroxylation sites is 1. The Hall–Kier alpha value is -3.34. The highest BCUT2D eigenvalue weighted by molar-refractivity contribution is 7.93. The lowest BCUT2D eigenvalue weighted by atomic mass is 10.2. The van der Waals surface area contributed by atoms with Gasteiger partial charge in [0, 0.05) is 26.2 Å². The van der Waals surface area contributed by atoms with Crippen LogP contribution in [-0.2, 0) is 14.8 Å². The van der Waals surface area contributed by atoms with E-state index in [1.54, 1.807) is 0 Å². The monoisotopic (exact) mass is 423 g/mol. The van der Waals surface area contributed by atoms with E-state index < -0.39 is 38.0 Å². The van der Waals surface area contributed by atoms with Crippen LogP contribution in [0, 0.1) is 10.1 Å². The molecule has 0 aromatic heterocycles. The molecule has 1 amide bonds. The van der Waals surface area contributed by atoms with E-state index in [-0.39, 0.29) is 11.4 Å². The molecule has 0 N–H and O–H groups in total. The number of methoxy groups -OCH3 is 2. The molecule has 0 fully saturated rings. The molecule has 0 saturated heterocycles. The van der Waals surface area contributed by atoms with Gasteiger partial charge in [0.2, 0.25) is 5.91 Å². The van der Waals surface area contributed by atoms with Gasteiger partial charge in [-0.3, -0.25) is 19.2 Å². The molecule has 0 heterocycles. The zero-order chi connectivity index (χ0) is 21.8. The summed E-state index contributed by atoms with van der Waals surface area (Å²) in [5, 5.41) is 11.4. The maximum Gasteiger partial charge on any atom is 0.289 e. The van der Waals surface area contributed by atoms with Crippen LogP contribution in [0.5, 0.6) is 11.5 Å². The van der Waals surface area contributed by atoms with Gasteiger partial charge in [-0.1, -0.05) is 12.1 Å². The summed E-state index contributed by atoms with van der Waals surface area (Å²) in [4.78, 5) is 23.6. The largest absolute Gasteiger partial charge is 0.497 e. The normalized spacial score (nSPS) is 10.9. The summed E-state index contributed by atoms with van der Waals surface area (Å²) in [7, 11) is 1.24. The van der Waals surface area contributed by atoms with E-state index in [0.717, 1.165) is 16.4 Å². The predicted octanol–water partition coefficient (Wildman–Crippen LogP) is 1.90. The number of carbonyl (C=O) groups excluding carboxylic acids is 1. The van der Waals surface area contributed by atoms with Crippen molar-refractivity contribution in [1.29, 1.82) is 0 Å². The third-order valence-electron chi connectivity index (χ3n) is 4.06. The van der Waals surface area contributed by atoms with Crippen molar-refractivity contribution in [2.75, 3.05) is 39.2 Å². The van der Waals surface area contributed by atoms with Gasteiger partial charge >= 0.3 is 0 Å². The van der Waals surface area contributed by atoms with Crippen molar-refractivity contribution < 1.29 is 27.6 Å². The number of carbonyl (C=O) groups is 1. The minimum absolute atomic E-state index is 0.0432. The Bertz CT molecular complexity index is 1020. The van der Waals surface area contributed by atoms with E-state index in [1.807, 2.05) is 0 Å². The fraction of sp³-hybridized carbons (Fsp3) is 0.278. The first-order chi connectivity index (χ1) is 13.6. The number of hydrogen-bond donors (Lipinski definition) is 0. The standard InChI is InChI=1S/C18H21N3O7S/c1-19(2)18(22)12-20(14-10-9-13(27-3)11-16(14)28-4)29(25,26)17-8-6-5-7-15(17)21(23)24/h5-11H,12H2,1-4H3. The molecule has 2 aromatic rings. The molecule has 156 valence electrons. The second-order valence-electron chi connectivity index (χ2n) is 6.06. The number of nitrogens with zero attached hydrogens (tertiary/aromatic N) is 3. The molecule has 29 heavy (non-hydrogen) atoms. The van der Waals surface area contributed by atoms with Crippen molar-refractivity contribution in [2.45, 2.75) is 4.90 Å². The summed E-state index contributed by atoms with van der Waals surface area (Å²) in [6.07, 6.45) is 0. The Kier molecular flexibility index (Phi) is 6.64. The summed E-state index contributed by atoms with van der Waals surface area (Å²) in [5.41, 5.74) is -0.552. The molecule has 11 heteroatoms. The third-order valence-corrected chi connectivity index (χ3v) is 5.87. The zero-order valence-electron chi connectivity index (χ0n) is 16.4. The molecule has 0 bridgehead atoms. The second kappa shape index (κ2) is 8.78. The lowest BCUT2D eigenvalue weighted by Gasteiger charge is -2.26. The van der Waals surface area contributed by atoms with Crippen molar-refractivity contribution in [3.63, 3.8) is 0 Å². The first-order valence-electron chi connectivity index (χ1n) is 8.31. The van der Waals surface area contributed by atoms with Crippen LogP contribution in [0.4, 0.5) is 11.4 Å². The number of rotatable bonds is 8. The summed E-state index contributed by atoms with van der Waals surface area (Å²) in [6.45, 7) is -0.579. The molecule has 0 aliphatic heterocycles. The highest BCUT2D eigenvalue weighted by atomic mass is 32.2. The van der Waals surface area contributed by atoms with Crippen LogP contribution in [0.15, 0.2) is 47.4 Å². The van der Waals surface area contributed by atoms with Gasteiger partial charge in [0.05, 0.1) is 24.8 Å². The molecule has 2 aromatic carbocycles. The molecule has 0 unspecified atom stereocenters. The van der Waals surface area contributed by atoms with E-state index in [0.29, 0.717) is 5.75 Å². The van der Waals surface area contributed by atoms with Gasteiger partial charge in [0.25, 0.3) is 15.7 Å². The number of sulfonamides is 1. The van der Waals surface area contributed by atoms with Crippen LogP contribution in [0.2, 0.25) is 0 Å². The average molecular weight is 423 g/mol. The summed E-state index contributed by atoms with van der Waals surface area (Å²) in [5.74, 6) is 0.00988. The smallest absolute Gasteiger partial charge is 0.289 e. The SMILES string of the molecule is COc1ccc(N(CC(=O)N(C)C)S(=O)(=O)c2ccccc2[N+](=O)[O-])c(OC)c1. The fourth-order valence-electron chi connectivity index (χ4n) is 2.50. The maximum atomic E-state index is 13.4. The number of likely N-dealkylation sites (N-methyl/N-ethyl adjacent to an activating group) is 1. The lowest BCUT2D eigenvalue weighted by molar-refractivity contribution is -0.387. The van der Waals surface area contributed by atoms with Crippen LogP contribution in [0.25, 0.3) is 0 Å². The first-order valence-corrected chi connectivity index (χ1v) is 9.75. The highest BCUT2D eigenvalue weighted by Crippen LogP contribution is 2.37. The molecule has 0 saturated carbocycles. The Morgan fingerprint density at radius 3 is 2.31 bits per heavy atom. The molecule has 0 aliphatic rings. The summed E-state index contributed by atoms with van der Waals surface area (Å²) >= 11 is 0. The van der Waals surface area contributed by atoms with E-state index in [1.165, 1.54) is 63.5 Å². The number of nitro benzene ring substituents is 1. The molecule has 0 spiro atoms. The van der Waals surface area contributed by atoms with E-state index in [2.05, 4.69) is 0 Å². The van der Waals surface area contributed by atoms with Gasteiger partial charge in [-0.25, -0.2) is 8.42 Å². The van der Waals surface area contributed by atoms with E-state index >= 15 is 0 Å². The average Bonchev–Trinajstić information content (AvgIpc) is 2.71. The zero-order valence-corrected chi connectivity index (χ0v) is 17.2. The van der Waals surface area contributed by atoms with Crippen LogP contribution < -0.4 is 13.8 Å². The summed E-state index contributed by atoms with van der Waals surface area (Å²) < 4.78 is 38.0. The van der Waals surface area contributed by atoms with E-state index in [9.17, 15) is 23.3 Å². The van der Waals surface area contributed by atoms with Crippen molar-refractivity contribution >= 4 is 27.3 Å². The molecular weight excluding hydrogens is 402 g/mol. The highest BCUT2D eigenvalue weighted by Gasteiger charge is 2.34. The number of benzene rings is 2. The van der Waals surface area contributed by atoms with Crippen LogP contribution in [0.3, 0.4) is 0 Å². The number of nitro groups is 1. The van der Waals surface area contributed by atoms with E-state index in [4.69, 9.17) is 9.47 Å². The Balaban J connectivity index is 2.72. The van der Waals surface area contributed by atoms with Gasteiger partial charge in [-0.2, -0.15) is 0 Å². The number of anilines is 1. The third kappa shape index (κ3) is 4.57. The molecular formula is C18H21N3O7S. The topological polar surface area (TPSA) is 119 Å². The van der Waals surface area contributed by atoms with Crippen molar-refractivity contribution in [2.24, 2.45) is 0 Å². The Morgan fingerprint density at radius 2 is 1.76 bits per heavy atom. The van der Waals surface area contributed by atoms with Crippen molar-refractivity contribution in [3.8, 4) is 11.5 Å². The number of amides is 1. The van der Waals surface area contributed by atoms with Crippen molar-refractivity contribution in [3.05, 3.63) is 52.6 Å². The molecule has 0 radical (unpaired) electrons. The quantitative estimate of drug-likeness (QED) is 0.470. The maximum absolute atomic E-state index is 13.4. The second-order valence-corrected chi connectivity index (χ2v) is 7.89. The van der Waals surface area contributed by atoms with Gasteiger partial charge in [-0.15, -0.1) is 0 Å². The molecule has 10 nitrogen and oxygen atoms in total. The summed E-state index contributed by atoms with van der Waals surface area (Å²) in [6, 6.07) is 9.31. The molecule has 0 aliphatic carbocycles. The van der Waals surface area contributed by atoms with Crippen LogP contribution in [-0.4, -0.2) is 59.0 Å². The number of ether oxygens (including phenoxy) is 2. The Labute approximate surface area is 168 Å². The van der Waals surface area contributed by atoms with Crippen LogP contribution >= 0.6 is 0 Å². The van der Waals surface area contributed by atoms with Gasteiger partial charge in [-0.05, 0) is 18.2 Å². The van der Waals surface area contributed by atoms with Gasteiger partial charge in [0.15, 0.2) is 4.90 Å². The molecule has 2 rings (SSSR count). The number of hydrogen-bond acceptors (Lipinski definition) is 7.